The van der Waals surface area contributed by atoms with Gasteiger partial charge < -0.3 is 19.0 Å². The van der Waals surface area contributed by atoms with Crippen LogP contribution >= 0.6 is 0 Å². The smallest absolute Gasteiger partial charge is 0.375 e. The van der Waals surface area contributed by atoms with Gasteiger partial charge in [0.15, 0.2) is 5.75 Å². The fourth-order valence-electron chi connectivity index (χ4n) is 2.33. The lowest BCUT2D eigenvalue weighted by atomic mass is 9.86. The van der Waals surface area contributed by atoms with Crippen molar-refractivity contribution in [2.45, 2.75) is 19.3 Å². The molecule has 5 nitrogen and oxygen atoms in total. The molecule has 0 spiro atoms. The highest BCUT2D eigenvalue weighted by atomic mass is 16.5. The van der Waals surface area contributed by atoms with Crippen LogP contribution in [0.2, 0.25) is 0 Å². The molecule has 1 N–H and O–H groups in total. The minimum absolute atomic E-state index is 0.146. The van der Waals surface area contributed by atoms with Crippen LogP contribution < -0.4 is 9.47 Å². The van der Waals surface area contributed by atoms with Gasteiger partial charge in [-0.3, -0.25) is 0 Å². The molecular formula is C15H16O5. The second-order valence-electron chi connectivity index (χ2n) is 5.04. The van der Waals surface area contributed by atoms with E-state index in [1.165, 1.54) is 6.42 Å². The van der Waals surface area contributed by atoms with E-state index in [1.807, 2.05) is 0 Å². The summed E-state index contributed by atoms with van der Waals surface area (Å²) >= 11 is 0. The second-order valence-corrected chi connectivity index (χ2v) is 5.04. The van der Waals surface area contributed by atoms with Gasteiger partial charge >= 0.3 is 5.97 Å². The van der Waals surface area contributed by atoms with Crippen molar-refractivity contribution in [1.82, 2.24) is 0 Å². The van der Waals surface area contributed by atoms with Crippen molar-refractivity contribution in [3.8, 4) is 11.5 Å². The molecule has 0 unspecified atom stereocenters. The lowest BCUT2D eigenvalue weighted by Gasteiger charge is -2.24. The number of carboxylic acids is 1. The summed E-state index contributed by atoms with van der Waals surface area (Å²) in [5, 5.41) is 9.86. The Kier molecular flexibility index (Phi) is 3.26. The molecule has 1 saturated carbocycles. The quantitative estimate of drug-likeness (QED) is 0.907. The maximum absolute atomic E-state index is 11.3. The second kappa shape index (κ2) is 5.07. The summed E-state index contributed by atoms with van der Waals surface area (Å²) in [4.78, 5) is 11.3. The molecular weight excluding hydrogens is 260 g/mol. The number of hydrogen-bond acceptors (Lipinski definition) is 4. The molecule has 5 heteroatoms. The summed E-state index contributed by atoms with van der Waals surface area (Å²) in [6, 6.07) is 5.16. The first-order valence-corrected chi connectivity index (χ1v) is 6.65. The number of carbonyl (C=O) groups is 1. The highest BCUT2D eigenvalue weighted by Crippen LogP contribution is 2.37. The summed E-state index contributed by atoms with van der Waals surface area (Å²) in [5.74, 6) is 0.200. The van der Waals surface area contributed by atoms with Crippen LogP contribution in [-0.2, 0) is 0 Å². The molecule has 20 heavy (non-hydrogen) atoms. The van der Waals surface area contributed by atoms with Crippen LogP contribution in [0.25, 0.3) is 11.0 Å². The lowest BCUT2D eigenvalue weighted by Crippen LogP contribution is -2.19. The number of ether oxygens (including phenoxy) is 2. The van der Waals surface area contributed by atoms with Crippen molar-refractivity contribution in [3.05, 3.63) is 24.0 Å². The summed E-state index contributed by atoms with van der Waals surface area (Å²) in [6.07, 6.45) is 3.50. The molecule has 0 amide bonds. The van der Waals surface area contributed by atoms with Crippen molar-refractivity contribution >= 4 is 16.9 Å². The van der Waals surface area contributed by atoms with Crippen molar-refractivity contribution in [2.24, 2.45) is 5.92 Å². The van der Waals surface area contributed by atoms with Gasteiger partial charge in [0.1, 0.15) is 11.3 Å². The fraction of sp³-hybridized carbons (Fsp3) is 0.400. The van der Waals surface area contributed by atoms with E-state index in [0.717, 1.165) is 12.8 Å². The van der Waals surface area contributed by atoms with Gasteiger partial charge in [-0.05, 0) is 37.0 Å². The molecule has 1 aliphatic rings. The number of carboxylic acid groups (broad SMARTS) is 1. The standard InChI is InChI=1S/C15H16O5/c1-18-10-5-6-12-11(7-10)13(14(20-12)15(16)17)19-8-9-3-2-4-9/h5-7,9H,2-4,8H2,1H3,(H,16,17). The van der Waals surface area contributed by atoms with Gasteiger partial charge in [-0.1, -0.05) is 6.42 Å². The molecule has 1 fully saturated rings. The number of benzene rings is 1. The zero-order chi connectivity index (χ0) is 14.1. The Hall–Kier alpha value is -2.17. The summed E-state index contributed by atoms with van der Waals surface area (Å²) in [5.41, 5.74) is 0.492. The molecule has 0 atom stereocenters. The molecule has 106 valence electrons. The van der Waals surface area contributed by atoms with E-state index in [0.29, 0.717) is 35.0 Å². The van der Waals surface area contributed by atoms with Crippen molar-refractivity contribution in [2.75, 3.05) is 13.7 Å². The molecule has 2 aromatic rings. The van der Waals surface area contributed by atoms with E-state index in [1.54, 1.807) is 25.3 Å². The number of hydrogen-bond donors (Lipinski definition) is 1. The highest BCUT2D eigenvalue weighted by molar-refractivity contribution is 5.98. The van der Waals surface area contributed by atoms with Gasteiger partial charge in [-0.25, -0.2) is 4.79 Å². The molecule has 1 aromatic carbocycles. The van der Waals surface area contributed by atoms with Crippen LogP contribution in [0.1, 0.15) is 29.8 Å². The minimum atomic E-state index is -1.12. The monoisotopic (exact) mass is 276 g/mol. The van der Waals surface area contributed by atoms with Gasteiger partial charge in [0, 0.05) is 0 Å². The zero-order valence-corrected chi connectivity index (χ0v) is 11.2. The molecule has 1 aliphatic carbocycles. The summed E-state index contributed by atoms with van der Waals surface area (Å²) in [6.45, 7) is 0.534. The fourth-order valence-corrected chi connectivity index (χ4v) is 2.33. The summed E-state index contributed by atoms with van der Waals surface area (Å²) < 4.78 is 16.2. The number of methoxy groups -OCH3 is 1. The molecule has 0 bridgehead atoms. The Labute approximate surface area is 116 Å². The summed E-state index contributed by atoms with van der Waals surface area (Å²) in [7, 11) is 1.56. The minimum Gasteiger partial charge on any atom is -0.497 e. The van der Waals surface area contributed by atoms with Gasteiger partial charge in [-0.2, -0.15) is 0 Å². The van der Waals surface area contributed by atoms with Gasteiger partial charge in [0.2, 0.25) is 0 Å². The maximum Gasteiger partial charge on any atom is 0.375 e. The van der Waals surface area contributed by atoms with E-state index in [4.69, 9.17) is 13.9 Å². The zero-order valence-electron chi connectivity index (χ0n) is 11.2. The lowest BCUT2D eigenvalue weighted by molar-refractivity contribution is 0.0655. The van der Waals surface area contributed by atoms with E-state index in [9.17, 15) is 9.90 Å². The van der Waals surface area contributed by atoms with Crippen molar-refractivity contribution < 1.29 is 23.8 Å². The predicted molar refractivity (Wildman–Crippen MR) is 72.6 cm³/mol. The Balaban J connectivity index is 1.99. The molecule has 0 aliphatic heterocycles. The molecule has 1 heterocycles. The normalized spacial score (nSPS) is 15.1. The third kappa shape index (κ3) is 2.19. The third-order valence-electron chi connectivity index (χ3n) is 3.73. The van der Waals surface area contributed by atoms with E-state index < -0.39 is 5.97 Å². The highest BCUT2D eigenvalue weighted by Gasteiger charge is 2.24. The maximum atomic E-state index is 11.3. The van der Waals surface area contributed by atoms with E-state index >= 15 is 0 Å². The average molecular weight is 276 g/mol. The Morgan fingerprint density at radius 1 is 1.45 bits per heavy atom. The topological polar surface area (TPSA) is 68.9 Å². The Morgan fingerprint density at radius 2 is 2.25 bits per heavy atom. The molecule has 1 aromatic heterocycles. The number of aromatic carboxylic acids is 1. The largest absolute Gasteiger partial charge is 0.497 e. The van der Waals surface area contributed by atoms with Gasteiger partial charge in [-0.15, -0.1) is 0 Å². The van der Waals surface area contributed by atoms with Crippen LogP contribution in [0, 0.1) is 5.92 Å². The number of fused-ring (bicyclic) bond motifs is 1. The van der Waals surface area contributed by atoms with Gasteiger partial charge in [0.05, 0.1) is 19.1 Å². The first-order valence-electron chi connectivity index (χ1n) is 6.65. The molecule has 0 radical (unpaired) electrons. The van der Waals surface area contributed by atoms with Crippen LogP contribution in [0.5, 0.6) is 11.5 Å². The average Bonchev–Trinajstić information content (AvgIpc) is 2.75. The van der Waals surface area contributed by atoms with Crippen molar-refractivity contribution in [3.63, 3.8) is 0 Å². The van der Waals surface area contributed by atoms with Crippen LogP contribution in [0.4, 0.5) is 0 Å². The predicted octanol–water partition coefficient (Wildman–Crippen LogP) is 3.32. The first-order chi connectivity index (χ1) is 9.69. The van der Waals surface area contributed by atoms with E-state index in [2.05, 4.69) is 0 Å². The van der Waals surface area contributed by atoms with Crippen molar-refractivity contribution in [1.29, 1.82) is 0 Å². The number of furan rings is 1. The van der Waals surface area contributed by atoms with Crippen LogP contribution in [-0.4, -0.2) is 24.8 Å². The van der Waals surface area contributed by atoms with Crippen LogP contribution in [0.3, 0.4) is 0 Å². The van der Waals surface area contributed by atoms with Gasteiger partial charge in [0.25, 0.3) is 5.76 Å². The third-order valence-corrected chi connectivity index (χ3v) is 3.73. The Bertz CT molecular complexity index is 639. The molecule has 0 saturated heterocycles. The SMILES string of the molecule is COc1ccc2oc(C(=O)O)c(OCC3CCC3)c2c1. The van der Waals surface area contributed by atoms with E-state index in [-0.39, 0.29) is 5.76 Å². The van der Waals surface area contributed by atoms with Crippen LogP contribution in [0.15, 0.2) is 22.6 Å². The number of rotatable bonds is 5. The molecule has 3 rings (SSSR count). The Morgan fingerprint density at radius 3 is 2.85 bits per heavy atom. The first kappa shape index (κ1) is 12.8.